The van der Waals surface area contributed by atoms with Crippen LogP contribution in [0.5, 0.6) is 0 Å². The number of pyridine rings is 1. The molecule has 0 spiro atoms. The number of rotatable bonds is 4. The van der Waals surface area contributed by atoms with Crippen LogP contribution < -0.4 is 5.56 Å². The topological polar surface area (TPSA) is 26.4 Å². The van der Waals surface area contributed by atoms with Gasteiger partial charge in [-0.05, 0) is 28.8 Å². The van der Waals surface area contributed by atoms with Crippen LogP contribution in [0, 0.1) is 6.57 Å². The number of benzene rings is 2. The summed E-state index contributed by atoms with van der Waals surface area (Å²) in [6.45, 7) is 7.19. The fourth-order valence-electron chi connectivity index (χ4n) is 2.94. The highest BCUT2D eigenvalue weighted by Gasteiger charge is 2.36. The lowest BCUT2D eigenvalue weighted by Crippen LogP contribution is -2.25. The van der Waals surface area contributed by atoms with Crippen molar-refractivity contribution < 1.29 is 13.2 Å². The van der Waals surface area contributed by atoms with Crippen LogP contribution in [-0.2, 0) is 18.1 Å². The van der Waals surface area contributed by atoms with Gasteiger partial charge in [0.05, 0.1) is 12.1 Å². The van der Waals surface area contributed by atoms with Crippen LogP contribution in [0.15, 0.2) is 65.5 Å². The molecule has 3 rings (SSSR count). The SMILES string of the molecule is [C-]#[N+]c1c(C(F)(F)F)cc(-c2cccc(CBr)c2)n(Cc2ccccc2)c1=O. The Bertz CT molecular complexity index is 1100. The van der Waals surface area contributed by atoms with Crippen LogP contribution in [0.3, 0.4) is 0 Å². The number of alkyl halides is 4. The average Bonchev–Trinajstić information content (AvgIpc) is 2.69. The number of hydrogen-bond donors (Lipinski definition) is 0. The van der Waals surface area contributed by atoms with E-state index < -0.39 is 23.0 Å². The van der Waals surface area contributed by atoms with E-state index in [0.29, 0.717) is 10.9 Å². The summed E-state index contributed by atoms with van der Waals surface area (Å²) in [4.78, 5) is 15.8. The highest BCUT2D eigenvalue weighted by Crippen LogP contribution is 2.37. The van der Waals surface area contributed by atoms with Crippen LogP contribution in [0.4, 0.5) is 18.9 Å². The minimum absolute atomic E-state index is 0.0637. The highest BCUT2D eigenvalue weighted by molar-refractivity contribution is 9.08. The maximum absolute atomic E-state index is 13.5. The zero-order valence-electron chi connectivity index (χ0n) is 14.5. The third kappa shape index (κ3) is 4.02. The van der Waals surface area contributed by atoms with Crippen LogP contribution >= 0.6 is 15.9 Å². The molecule has 1 heterocycles. The highest BCUT2D eigenvalue weighted by atomic mass is 79.9. The molecule has 0 unspecified atom stereocenters. The van der Waals surface area contributed by atoms with E-state index in [2.05, 4.69) is 20.8 Å². The lowest BCUT2D eigenvalue weighted by Gasteiger charge is -2.18. The van der Waals surface area contributed by atoms with Gasteiger partial charge in [-0.3, -0.25) is 4.79 Å². The average molecular weight is 447 g/mol. The molecule has 0 saturated carbocycles. The van der Waals surface area contributed by atoms with Crippen molar-refractivity contribution in [2.75, 3.05) is 0 Å². The summed E-state index contributed by atoms with van der Waals surface area (Å²) in [6.07, 6.45) is -4.80. The van der Waals surface area contributed by atoms with Gasteiger partial charge in [0.25, 0.3) is 11.2 Å². The molecule has 7 heteroatoms. The predicted molar refractivity (Wildman–Crippen MR) is 106 cm³/mol. The Balaban J connectivity index is 2.32. The lowest BCUT2D eigenvalue weighted by molar-refractivity contribution is -0.136. The number of nitrogens with zero attached hydrogens (tertiary/aromatic N) is 2. The Kier molecular flexibility index (Phi) is 5.71. The zero-order chi connectivity index (χ0) is 20.3. The predicted octanol–water partition coefficient (Wildman–Crippen LogP) is 6.03. The standard InChI is InChI=1S/C21H14BrF3N2O/c1-26-19-17(21(23,24)25)11-18(16-9-5-8-15(10-16)12-22)27(20(19)28)13-14-6-3-2-4-7-14/h2-11H,12-13H2. The van der Waals surface area contributed by atoms with Crippen molar-refractivity contribution in [3.8, 4) is 11.3 Å². The molecule has 0 aliphatic rings. The molecular formula is C21H14BrF3N2O. The van der Waals surface area contributed by atoms with Crippen LogP contribution in [0.1, 0.15) is 16.7 Å². The van der Waals surface area contributed by atoms with E-state index in [1.807, 2.05) is 12.1 Å². The summed E-state index contributed by atoms with van der Waals surface area (Å²) in [6, 6.07) is 16.8. The molecule has 0 radical (unpaired) electrons. The summed E-state index contributed by atoms with van der Waals surface area (Å²) in [5, 5.41) is 0.524. The quantitative estimate of drug-likeness (QED) is 0.355. The normalized spacial score (nSPS) is 11.2. The molecule has 0 N–H and O–H groups in total. The molecule has 0 fully saturated rings. The molecule has 3 nitrogen and oxygen atoms in total. The third-order valence-corrected chi connectivity index (χ3v) is 4.90. The second-order valence-electron chi connectivity index (χ2n) is 6.11. The molecule has 1 aromatic heterocycles. The molecule has 2 aromatic carbocycles. The van der Waals surface area contributed by atoms with E-state index in [9.17, 15) is 18.0 Å². The maximum atomic E-state index is 13.5. The fourth-order valence-corrected chi connectivity index (χ4v) is 3.28. The Morgan fingerprint density at radius 1 is 1.00 bits per heavy atom. The number of hydrogen-bond acceptors (Lipinski definition) is 1. The lowest BCUT2D eigenvalue weighted by atomic mass is 10.0. The molecule has 0 amide bonds. The zero-order valence-corrected chi connectivity index (χ0v) is 16.1. The van der Waals surface area contributed by atoms with Gasteiger partial charge in [-0.1, -0.05) is 64.5 Å². The molecule has 0 aliphatic heterocycles. The number of halogens is 4. The molecule has 0 saturated heterocycles. The van der Waals surface area contributed by atoms with Crippen molar-refractivity contribution in [1.29, 1.82) is 0 Å². The van der Waals surface area contributed by atoms with Gasteiger partial charge in [0, 0.05) is 17.6 Å². The molecule has 3 aromatic rings. The maximum Gasteiger partial charge on any atom is 0.407 e. The first-order valence-electron chi connectivity index (χ1n) is 8.27. The summed E-state index contributed by atoms with van der Waals surface area (Å²) in [7, 11) is 0. The van der Waals surface area contributed by atoms with Crippen molar-refractivity contribution in [2.24, 2.45) is 0 Å². The van der Waals surface area contributed by atoms with E-state index >= 15 is 0 Å². The van der Waals surface area contributed by atoms with Gasteiger partial charge in [-0.2, -0.15) is 13.2 Å². The van der Waals surface area contributed by atoms with Crippen molar-refractivity contribution in [3.05, 3.63) is 99.1 Å². The van der Waals surface area contributed by atoms with Crippen molar-refractivity contribution in [2.45, 2.75) is 18.1 Å². The molecular weight excluding hydrogens is 433 g/mol. The first-order valence-corrected chi connectivity index (χ1v) is 9.39. The van der Waals surface area contributed by atoms with Gasteiger partial charge in [0.1, 0.15) is 0 Å². The fraction of sp³-hybridized carbons (Fsp3) is 0.143. The van der Waals surface area contributed by atoms with E-state index in [1.54, 1.807) is 42.5 Å². The van der Waals surface area contributed by atoms with Crippen LogP contribution in [0.2, 0.25) is 0 Å². The van der Waals surface area contributed by atoms with Crippen LogP contribution in [-0.4, -0.2) is 4.57 Å². The minimum Gasteiger partial charge on any atom is -0.313 e. The number of aromatic nitrogens is 1. The van der Waals surface area contributed by atoms with Gasteiger partial charge in [0.2, 0.25) is 0 Å². The van der Waals surface area contributed by atoms with E-state index in [0.717, 1.165) is 17.2 Å². The summed E-state index contributed by atoms with van der Waals surface area (Å²) >= 11 is 3.33. The largest absolute Gasteiger partial charge is 0.407 e. The van der Waals surface area contributed by atoms with Crippen molar-refractivity contribution in [3.63, 3.8) is 0 Å². The summed E-state index contributed by atoms with van der Waals surface area (Å²) in [5.41, 5.74) is -0.867. The summed E-state index contributed by atoms with van der Waals surface area (Å²) in [5.74, 6) is 0. The van der Waals surface area contributed by atoms with Crippen molar-refractivity contribution in [1.82, 2.24) is 4.57 Å². The molecule has 142 valence electrons. The molecule has 28 heavy (non-hydrogen) atoms. The van der Waals surface area contributed by atoms with E-state index in [-0.39, 0.29) is 12.2 Å². The van der Waals surface area contributed by atoms with Gasteiger partial charge in [0.15, 0.2) is 0 Å². The Morgan fingerprint density at radius 3 is 2.29 bits per heavy atom. The molecule has 0 aliphatic carbocycles. The van der Waals surface area contributed by atoms with Crippen molar-refractivity contribution >= 4 is 21.6 Å². The first kappa shape index (κ1) is 19.9. The van der Waals surface area contributed by atoms with E-state index in [4.69, 9.17) is 6.57 Å². The van der Waals surface area contributed by atoms with Crippen LogP contribution in [0.25, 0.3) is 16.1 Å². The van der Waals surface area contributed by atoms with E-state index in [1.165, 1.54) is 4.57 Å². The first-order chi connectivity index (χ1) is 13.3. The Hall–Kier alpha value is -2.85. The smallest absolute Gasteiger partial charge is 0.313 e. The third-order valence-electron chi connectivity index (χ3n) is 4.25. The van der Waals surface area contributed by atoms with Gasteiger partial charge < -0.3 is 4.57 Å². The Morgan fingerprint density at radius 2 is 1.68 bits per heavy atom. The second kappa shape index (κ2) is 8.03. The second-order valence-corrected chi connectivity index (χ2v) is 6.67. The Labute approximate surface area is 168 Å². The monoisotopic (exact) mass is 446 g/mol. The van der Waals surface area contributed by atoms with Gasteiger partial charge in [-0.25, -0.2) is 4.85 Å². The molecule has 0 bridgehead atoms. The molecule has 0 atom stereocenters. The van der Waals surface area contributed by atoms with Gasteiger partial charge >= 0.3 is 6.18 Å². The van der Waals surface area contributed by atoms with Gasteiger partial charge in [-0.15, -0.1) is 0 Å². The summed E-state index contributed by atoms with van der Waals surface area (Å²) < 4.78 is 41.8. The minimum atomic E-state index is -4.80.